The molecule has 0 radical (unpaired) electrons. The van der Waals surface area contributed by atoms with Crippen molar-refractivity contribution in [2.75, 3.05) is 0 Å². The molecule has 0 fully saturated rings. The molecule has 1 heterocycles. The van der Waals surface area contributed by atoms with Gasteiger partial charge in [-0.15, -0.1) is 0 Å². The van der Waals surface area contributed by atoms with E-state index in [2.05, 4.69) is 243 Å². The first kappa shape index (κ1) is 37.1. The van der Waals surface area contributed by atoms with E-state index in [1.165, 1.54) is 132 Å². The predicted octanol–water partition coefficient (Wildman–Crippen LogP) is 17.7. The maximum Gasteiger partial charge on any atom is 0.0544 e. The number of fused-ring (bicyclic) bond motifs is 16. The average molecular weight is 838 g/mol. The van der Waals surface area contributed by atoms with E-state index in [1.807, 2.05) is 0 Å². The fourth-order valence-corrected chi connectivity index (χ4v) is 12.0. The highest BCUT2D eigenvalue weighted by Crippen LogP contribution is 2.53. The summed E-state index contributed by atoms with van der Waals surface area (Å²) in [4.78, 5) is 0. The Kier molecular flexibility index (Phi) is 7.81. The first-order valence-electron chi connectivity index (χ1n) is 23.2. The fraction of sp³-hybridized carbons (Fsp3) is 0.0462. The molecule has 0 aliphatic heterocycles. The van der Waals surface area contributed by atoms with Crippen molar-refractivity contribution in [1.82, 2.24) is 4.57 Å². The Morgan fingerprint density at radius 3 is 1.30 bits per heavy atom. The van der Waals surface area contributed by atoms with Crippen LogP contribution in [0.2, 0.25) is 0 Å². The molecule has 1 heteroatoms. The van der Waals surface area contributed by atoms with Crippen LogP contribution < -0.4 is 0 Å². The normalized spacial score (nSPS) is 13.1. The van der Waals surface area contributed by atoms with E-state index in [0.29, 0.717) is 0 Å². The number of aromatic nitrogens is 1. The van der Waals surface area contributed by atoms with Crippen LogP contribution >= 0.6 is 0 Å². The first-order chi connectivity index (χ1) is 32.5. The van der Waals surface area contributed by atoms with Gasteiger partial charge in [0.2, 0.25) is 0 Å². The maximum atomic E-state index is 2.50. The van der Waals surface area contributed by atoms with Gasteiger partial charge in [0.15, 0.2) is 0 Å². The minimum Gasteiger partial charge on any atom is -0.309 e. The SMILES string of the molecule is CC1(C)c2ccccc2-c2cc3c4ccccc4n(-c4cccc(-c5c6ccccc6c(-c6ccc7c(c6)-c6ccccc6-c6ccccc6-c6ccccc6-7)c6ccccc56)c4)c3cc21. The van der Waals surface area contributed by atoms with Gasteiger partial charge in [-0.2, -0.15) is 0 Å². The predicted molar refractivity (Wildman–Crippen MR) is 280 cm³/mol. The summed E-state index contributed by atoms with van der Waals surface area (Å²) >= 11 is 0. The highest BCUT2D eigenvalue weighted by atomic mass is 15.0. The van der Waals surface area contributed by atoms with E-state index in [-0.39, 0.29) is 5.41 Å². The monoisotopic (exact) mass is 837 g/mol. The van der Waals surface area contributed by atoms with Gasteiger partial charge in [-0.1, -0.05) is 202 Å². The van der Waals surface area contributed by atoms with Crippen LogP contribution in [0.25, 0.3) is 127 Å². The smallest absolute Gasteiger partial charge is 0.0544 e. The highest BCUT2D eigenvalue weighted by molar-refractivity contribution is 6.22. The second-order valence-electron chi connectivity index (χ2n) is 18.7. The zero-order valence-corrected chi connectivity index (χ0v) is 36.8. The molecular formula is C65H43N. The minimum atomic E-state index is -0.0985. The second kappa shape index (κ2) is 13.9. The third kappa shape index (κ3) is 5.17. The van der Waals surface area contributed by atoms with E-state index in [4.69, 9.17) is 0 Å². The van der Waals surface area contributed by atoms with Crippen LogP contribution in [0.4, 0.5) is 0 Å². The third-order valence-electron chi connectivity index (χ3n) is 15.0. The molecular weight excluding hydrogens is 795 g/mol. The molecule has 0 spiro atoms. The first-order valence-corrected chi connectivity index (χ1v) is 23.2. The van der Waals surface area contributed by atoms with Gasteiger partial charge in [0.1, 0.15) is 0 Å². The Bertz CT molecular complexity index is 3960. The number of nitrogens with zero attached hydrogens (tertiary/aromatic N) is 1. The Labute approximate surface area is 384 Å². The van der Waals surface area contributed by atoms with Gasteiger partial charge in [-0.05, 0) is 147 Å². The summed E-state index contributed by atoms with van der Waals surface area (Å²) in [6.45, 7) is 4.75. The zero-order chi connectivity index (χ0) is 43.7. The Morgan fingerprint density at radius 1 is 0.273 bits per heavy atom. The Hall–Kier alpha value is -8.26. The van der Waals surface area contributed by atoms with Crippen molar-refractivity contribution in [3.05, 3.63) is 236 Å². The third-order valence-corrected chi connectivity index (χ3v) is 15.0. The standard InChI is InChI=1S/C65H43N/c1-65(2)59-32-15-13-26-50(59)57-38-58-51-27-14-16-33-61(51)66(62(58)39-60(57)65)42-19-17-18-40(36-42)63-52-28-9-11-30-54(52)64(55-31-12-10-29-53(55)63)41-34-35-49-47-24-6-5-22-45(47)43-20-3-4-21-44(43)46-23-7-8-25-48(46)56(49)37-41/h3-39H,1-2H3. The molecule has 0 amide bonds. The zero-order valence-electron chi connectivity index (χ0n) is 36.8. The lowest BCUT2D eigenvalue weighted by Crippen LogP contribution is -2.14. The molecule has 2 aliphatic carbocycles. The van der Waals surface area contributed by atoms with Gasteiger partial charge in [0.25, 0.3) is 0 Å². The summed E-state index contributed by atoms with van der Waals surface area (Å²) in [5.74, 6) is 0. The van der Waals surface area contributed by atoms with Crippen molar-refractivity contribution in [3.8, 4) is 83.6 Å². The van der Waals surface area contributed by atoms with Crippen LogP contribution in [0.1, 0.15) is 25.0 Å². The molecule has 1 nitrogen and oxygen atoms in total. The van der Waals surface area contributed by atoms with Gasteiger partial charge < -0.3 is 4.57 Å². The average Bonchev–Trinajstić information content (AvgIpc) is 3.81. The highest BCUT2D eigenvalue weighted by Gasteiger charge is 2.36. The summed E-state index contributed by atoms with van der Waals surface area (Å²) in [7, 11) is 0. The topological polar surface area (TPSA) is 4.93 Å². The summed E-state index contributed by atoms with van der Waals surface area (Å²) < 4.78 is 2.50. The molecule has 308 valence electrons. The fourth-order valence-electron chi connectivity index (χ4n) is 12.0. The van der Waals surface area contributed by atoms with Crippen molar-refractivity contribution < 1.29 is 0 Å². The van der Waals surface area contributed by atoms with Gasteiger partial charge in [0, 0.05) is 21.9 Å². The maximum absolute atomic E-state index is 2.50. The van der Waals surface area contributed by atoms with Crippen molar-refractivity contribution in [2.24, 2.45) is 0 Å². The van der Waals surface area contributed by atoms with Crippen LogP contribution in [0.5, 0.6) is 0 Å². The van der Waals surface area contributed by atoms with Crippen LogP contribution in [-0.4, -0.2) is 4.57 Å². The van der Waals surface area contributed by atoms with Gasteiger partial charge in [0.05, 0.1) is 11.0 Å². The summed E-state index contributed by atoms with van der Waals surface area (Å²) in [5.41, 5.74) is 24.0. The molecule has 0 saturated heterocycles. The molecule has 12 aromatic rings. The minimum absolute atomic E-state index is 0.0985. The molecule has 0 N–H and O–H groups in total. The van der Waals surface area contributed by atoms with Crippen LogP contribution in [0.3, 0.4) is 0 Å². The molecule has 0 unspecified atom stereocenters. The summed E-state index contributed by atoms with van der Waals surface area (Å²) in [6.07, 6.45) is 0. The molecule has 0 bridgehead atoms. The quantitative estimate of drug-likeness (QED) is 0.156. The van der Waals surface area contributed by atoms with Gasteiger partial charge >= 0.3 is 0 Å². The van der Waals surface area contributed by atoms with E-state index in [1.54, 1.807) is 0 Å². The van der Waals surface area contributed by atoms with E-state index < -0.39 is 0 Å². The van der Waals surface area contributed by atoms with Crippen LogP contribution in [0.15, 0.2) is 224 Å². The van der Waals surface area contributed by atoms with Crippen LogP contribution in [-0.2, 0) is 5.41 Å². The number of benzene rings is 11. The largest absolute Gasteiger partial charge is 0.309 e. The molecule has 14 rings (SSSR count). The van der Waals surface area contributed by atoms with E-state index >= 15 is 0 Å². The molecule has 0 atom stereocenters. The summed E-state index contributed by atoms with van der Waals surface area (Å²) in [5, 5.41) is 7.54. The number of hydrogen-bond donors (Lipinski definition) is 0. The Balaban J connectivity index is 0.989. The lowest BCUT2D eigenvalue weighted by Gasteiger charge is -2.24. The number of hydrogen-bond acceptors (Lipinski definition) is 0. The van der Waals surface area contributed by atoms with Gasteiger partial charge in [-0.3, -0.25) is 0 Å². The Morgan fingerprint density at radius 2 is 0.727 bits per heavy atom. The van der Waals surface area contributed by atoms with Crippen molar-refractivity contribution in [3.63, 3.8) is 0 Å². The van der Waals surface area contributed by atoms with E-state index in [0.717, 1.165) is 5.69 Å². The number of rotatable bonds is 3. The van der Waals surface area contributed by atoms with Crippen molar-refractivity contribution in [2.45, 2.75) is 19.3 Å². The lowest BCUT2D eigenvalue weighted by molar-refractivity contribution is 0.661. The molecule has 11 aromatic carbocycles. The molecule has 1 aromatic heterocycles. The number of para-hydroxylation sites is 1. The van der Waals surface area contributed by atoms with Gasteiger partial charge in [-0.25, -0.2) is 0 Å². The molecule has 0 saturated carbocycles. The second-order valence-corrected chi connectivity index (χ2v) is 18.7. The molecule has 2 aliphatic rings. The van der Waals surface area contributed by atoms with E-state index in [9.17, 15) is 0 Å². The van der Waals surface area contributed by atoms with Crippen molar-refractivity contribution in [1.29, 1.82) is 0 Å². The summed E-state index contributed by atoms with van der Waals surface area (Å²) in [6, 6.07) is 84.1. The van der Waals surface area contributed by atoms with Crippen LogP contribution in [0, 0.1) is 0 Å². The van der Waals surface area contributed by atoms with Crippen molar-refractivity contribution >= 4 is 43.4 Å². The molecule has 66 heavy (non-hydrogen) atoms. The lowest BCUT2D eigenvalue weighted by atomic mass is 9.79.